The number of cyclic esters (lactones) is 1. The Hall–Kier alpha value is -4.90. The smallest absolute Gasteiger partial charge is 0.329 e. The van der Waals surface area contributed by atoms with Gasteiger partial charge in [0.1, 0.15) is 30.3 Å². The average Bonchev–Trinajstić information content (AvgIpc) is 3.75. The van der Waals surface area contributed by atoms with E-state index in [9.17, 15) is 43.5 Å². The molecule has 66 heavy (non-hydrogen) atoms. The summed E-state index contributed by atoms with van der Waals surface area (Å²) >= 11 is 0. The predicted octanol–water partition coefficient (Wildman–Crippen LogP) is 2.58. The van der Waals surface area contributed by atoms with Crippen molar-refractivity contribution in [2.75, 3.05) is 20.6 Å². The molecule has 3 rings (SSSR count). The van der Waals surface area contributed by atoms with E-state index in [4.69, 9.17) is 4.74 Å². The van der Waals surface area contributed by atoms with Crippen LogP contribution >= 0.6 is 0 Å². The van der Waals surface area contributed by atoms with Crippen molar-refractivity contribution in [2.45, 2.75) is 176 Å². The Labute approximate surface area is 392 Å². The summed E-state index contributed by atoms with van der Waals surface area (Å²) in [6.45, 7) is 19.7. The number of amides is 6. The third-order valence-corrected chi connectivity index (χ3v) is 13.0. The fourth-order valence-electron chi connectivity index (χ4n) is 8.64. The van der Waals surface area contributed by atoms with Crippen molar-refractivity contribution in [3.05, 3.63) is 35.4 Å². The molecule has 0 bridgehead atoms. The van der Waals surface area contributed by atoms with Crippen LogP contribution in [-0.4, -0.2) is 137 Å². The van der Waals surface area contributed by atoms with Crippen molar-refractivity contribution in [2.24, 2.45) is 29.6 Å². The Morgan fingerprint density at radius 1 is 0.894 bits per heavy atom. The van der Waals surface area contributed by atoms with Gasteiger partial charge in [-0.2, -0.15) is 0 Å². The van der Waals surface area contributed by atoms with Crippen LogP contribution in [0, 0.1) is 36.5 Å². The topological polar surface area (TPSA) is 233 Å². The minimum absolute atomic E-state index is 0.00778. The maximum absolute atomic E-state index is 14.7. The van der Waals surface area contributed by atoms with Crippen molar-refractivity contribution in [1.29, 1.82) is 0 Å². The Kier molecular flexibility index (Phi) is 21.2. The second-order valence-electron chi connectivity index (χ2n) is 19.7. The van der Waals surface area contributed by atoms with E-state index in [0.717, 1.165) is 5.56 Å². The molecule has 2 saturated heterocycles. The van der Waals surface area contributed by atoms with Gasteiger partial charge in [0.25, 0.3) is 0 Å². The van der Waals surface area contributed by atoms with E-state index in [0.29, 0.717) is 24.8 Å². The molecule has 0 spiro atoms. The summed E-state index contributed by atoms with van der Waals surface area (Å²) < 4.78 is 6.09. The highest BCUT2D eigenvalue weighted by atomic mass is 16.5. The van der Waals surface area contributed by atoms with Crippen LogP contribution in [0.25, 0.3) is 0 Å². The fourth-order valence-corrected chi connectivity index (χ4v) is 8.64. The Morgan fingerprint density at radius 2 is 1.53 bits per heavy atom. The standard InChI is InChI=1S/C49H79N7O10/c1-14-30(9)41-38(57)25-39(58)52-40(28(6)7)43(59)31(10)44(60)51-35(23-27(4)5)47(63)56-21-15-16-36(56)48(64)55(13)37(24-33-19-17-29(8)18-20-33)49(65)66-32(11)42(46(62)53-41)54-45(61)34(50-12)22-26(2)3/h17-20,26-28,30-32,34-38,40-42,50,57H,14-16,21-25H2,1-13H3,(H,51,60)(H,52,58)(H,53,62)(H,54,61)/t30-,31-,32+,34+,35-,36?,37-,38-,40-,41+,42-/m0/s1. The zero-order valence-electron chi connectivity index (χ0n) is 41.6. The van der Waals surface area contributed by atoms with Gasteiger partial charge in [0, 0.05) is 20.0 Å². The molecule has 0 radical (unpaired) electrons. The number of aryl methyl sites for hydroxylation is 1. The number of benzene rings is 1. The third-order valence-electron chi connectivity index (χ3n) is 13.0. The first-order valence-electron chi connectivity index (χ1n) is 23.8. The quantitative estimate of drug-likeness (QED) is 0.132. The van der Waals surface area contributed by atoms with Crippen LogP contribution in [0.15, 0.2) is 24.3 Å². The number of nitrogens with zero attached hydrogens (tertiary/aromatic N) is 2. The zero-order chi connectivity index (χ0) is 49.7. The molecule has 0 saturated carbocycles. The molecule has 1 aromatic rings. The van der Waals surface area contributed by atoms with Gasteiger partial charge in [-0.25, -0.2) is 4.79 Å². The van der Waals surface area contributed by atoms with Crippen LogP contribution in [0.3, 0.4) is 0 Å². The summed E-state index contributed by atoms with van der Waals surface area (Å²) in [5.74, 6) is -7.44. The van der Waals surface area contributed by atoms with E-state index in [1.807, 2.05) is 65.8 Å². The molecule has 2 fully saturated rings. The molecule has 0 aromatic heterocycles. The summed E-state index contributed by atoms with van der Waals surface area (Å²) in [5, 5.41) is 25.7. The molecule has 1 aromatic carbocycles. The molecular formula is C49H79N7O10. The highest BCUT2D eigenvalue weighted by Crippen LogP contribution is 2.25. The number of carbonyl (C=O) groups is 8. The van der Waals surface area contributed by atoms with E-state index < -0.39 is 126 Å². The van der Waals surface area contributed by atoms with Gasteiger partial charge in [-0.3, -0.25) is 33.6 Å². The van der Waals surface area contributed by atoms with Gasteiger partial charge in [-0.15, -0.1) is 0 Å². The van der Waals surface area contributed by atoms with Gasteiger partial charge < -0.3 is 46.2 Å². The fraction of sp³-hybridized carbons (Fsp3) is 0.714. The van der Waals surface area contributed by atoms with Crippen LogP contribution in [0.5, 0.6) is 0 Å². The van der Waals surface area contributed by atoms with Crippen LogP contribution < -0.4 is 26.6 Å². The molecule has 2 aliphatic heterocycles. The van der Waals surface area contributed by atoms with Crippen molar-refractivity contribution in [1.82, 2.24) is 36.4 Å². The third kappa shape index (κ3) is 15.1. The number of carbonyl (C=O) groups excluding carboxylic acids is 8. The molecule has 6 amide bonds. The maximum atomic E-state index is 14.7. The number of aliphatic hydroxyl groups excluding tert-OH is 1. The first kappa shape index (κ1) is 55.4. The summed E-state index contributed by atoms with van der Waals surface area (Å²) in [5.41, 5.74) is 1.68. The number of esters is 1. The maximum Gasteiger partial charge on any atom is 0.329 e. The summed E-state index contributed by atoms with van der Waals surface area (Å²) in [6, 6.07) is -0.362. The van der Waals surface area contributed by atoms with E-state index in [1.54, 1.807) is 27.8 Å². The number of likely N-dealkylation sites (N-methyl/N-ethyl adjacent to an activating group) is 2. The number of ketones is 1. The minimum atomic E-state index is -1.50. The second kappa shape index (κ2) is 25.3. The van der Waals surface area contributed by atoms with Crippen LogP contribution in [0.4, 0.5) is 0 Å². The molecule has 11 atom stereocenters. The number of hydrogen-bond donors (Lipinski definition) is 6. The van der Waals surface area contributed by atoms with E-state index in [1.165, 1.54) is 30.7 Å². The lowest BCUT2D eigenvalue weighted by Crippen LogP contribution is -2.61. The monoisotopic (exact) mass is 926 g/mol. The van der Waals surface area contributed by atoms with Gasteiger partial charge in [-0.1, -0.05) is 91.6 Å². The lowest BCUT2D eigenvalue weighted by Gasteiger charge is -2.35. The Morgan fingerprint density at radius 3 is 2.09 bits per heavy atom. The Bertz CT molecular complexity index is 1860. The second-order valence-corrected chi connectivity index (χ2v) is 19.7. The van der Waals surface area contributed by atoms with Gasteiger partial charge in [0.05, 0.1) is 36.6 Å². The SMILES string of the molecule is CC[C@H](C)[C@H]1NC(=O)[C@@H](NC(=O)[C@@H](CC(C)C)NC)[C@@H](C)OC(=O)[C@H](Cc2ccc(C)cc2)N(C)C(=O)C2CCCN2C(=O)[C@H](CC(C)C)NC(=O)[C@@H](C)C(=O)[C@H](C(C)C)NC(=O)C[C@@H]1O. The van der Waals surface area contributed by atoms with Crippen LogP contribution in [0.2, 0.25) is 0 Å². The van der Waals surface area contributed by atoms with Crippen molar-refractivity contribution in [3.63, 3.8) is 0 Å². The first-order valence-corrected chi connectivity index (χ1v) is 23.8. The van der Waals surface area contributed by atoms with Gasteiger partial charge in [0.2, 0.25) is 35.4 Å². The summed E-state index contributed by atoms with van der Waals surface area (Å²) in [6.07, 6.45) is -1.50. The normalized spacial score (nSPS) is 28.1. The zero-order valence-corrected chi connectivity index (χ0v) is 41.6. The molecule has 17 heteroatoms. The first-order chi connectivity index (χ1) is 30.9. The summed E-state index contributed by atoms with van der Waals surface area (Å²) in [4.78, 5) is 116. The Balaban J connectivity index is 2.23. The highest BCUT2D eigenvalue weighted by molar-refractivity contribution is 6.06. The summed E-state index contributed by atoms with van der Waals surface area (Å²) in [7, 11) is 3.08. The number of fused-ring (bicyclic) bond motifs is 1. The van der Waals surface area contributed by atoms with E-state index in [2.05, 4.69) is 26.6 Å². The average molecular weight is 926 g/mol. The van der Waals surface area contributed by atoms with Crippen LogP contribution in [0.1, 0.15) is 119 Å². The highest BCUT2D eigenvalue weighted by Gasteiger charge is 2.44. The van der Waals surface area contributed by atoms with Crippen molar-refractivity contribution >= 4 is 47.2 Å². The van der Waals surface area contributed by atoms with Gasteiger partial charge in [-0.05, 0) is 82.7 Å². The van der Waals surface area contributed by atoms with E-state index in [-0.39, 0.29) is 37.6 Å². The molecule has 2 heterocycles. The predicted molar refractivity (Wildman–Crippen MR) is 250 cm³/mol. The lowest BCUT2D eigenvalue weighted by molar-refractivity contribution is -0.162. The lowest BCUT2D eigenvalue weighted by atomic mass is 9.89. The molecular weight excluding hydrogens is 847 g/mol. The van der Waals surface area contributed by atoms with E-state index >= 15 is 0 Å². The molecule has 6 N–H and O–H groups in total. The molecule has 2 aliphatic rings. The van der Waals surface area contributed by atoms with Crippen molar-refractivity contribution < 1.29 is 48.2 Å². The number of rotatable bonds is 12. The van der Waals surface area contributed by atoms with Crippen molar-refractivity contribution in [3.8, 4) is 0 Å². The number of Topliss-reactive ketones (excluding diaryl/α,β-unsaturated/α-hetero) is 1. The van der Waals surface area contributed by atoms with Crippen LogP contribution in [-0.2, 0) is 49.5 Å². The number of aliphatic hydroxyl groups is 1. The minimum Gasteiger partial charge on any atom is -0.458 e. The van der Waals surface area contributed by atoms with Gasteiger partial charge >= 0.3 is 5.97 Å². The molecule has 370 valence electrons. The largest absolute Gasteiger partial charge is 0.458 e. The number of ether oxygens (including phenoxy) is 1. The molecule has 1 unspecified atom stereocenters. The number of nitrogens with one attached hydrogen (secondary N) is 5. The number of hydrogen-bond acceptors (Lipinski definition) is 11. The molecule has 17 nitrogen and oxygen atoms in total. The molecule has 0 aliphatic carbocycles. The van der Waals surface area contributed by atoms with Gasteiger partial charge in [0.15, 0.2) is 5.78 Å².